The number of anilines is 1. The number of halogens is 3. The summed E-state index contributed by atoms with van der Waals surface area (Å²) in [7, 11) is 0. The Kier molecular flexibility index (Phi) is 7.74. The number of fused-ring (bicyclic) bond motifs is 2. The molecular weight excluding hydrogens is 580 g/mol. The summed E-state index contributed by atoms with van der Waals surface area (Å²) >= 11 is 5.89. The molecule has 4 aromatic rings. The van der Waals surface area contributed by atoms with Crippen molar-refractivity contribution in [2.24, 2.45) is 11.7 Å². The molecule has 1 aromatic carbocycles. The molecule has 224 valence electrons. The molecule has 2 amide bonds. The summed E-state index contributed by atoms with van der Waals surface area (Å²) in [4.78, 5) is 35.3. The fourth-order valence-corrected chi connectivity index (χ4v) is 5.21. The van der Waals surface area contributed by atoms with E-state index in [1.54, 1.807) is 29.1 Å². The van der Waals surface area contributed by atoms with Gasteiger partial charge in [0.1, 0.15) is 0 Å². The first-order valence-corrected chi connectivity index (χ1v) is 14.6. The highest BCUT2D eigenvalue weighted by Crippen LogP contribution is 2.44. The number of nitrogens with one attached hydrogen (secondary N) is 1. The Morgan fingerprint density at radius 3 is 2.56 bits per heavy atom. The number of primary amides is 1. The van der Waals surface area contributed by atoms with Gasteiger partial charge in [0.15, 0.2) is 11.4 Å². The molecule has 5 heterocycles. The molecule has 2 fully saturated rings. The molecule has 1 saturated heterocycles. The van der Waals surface area contributed by atoms with E-state index in [9.17, 15) is 18.4 Å². The minimum absolute atomic E-state index is 0.139. The van der Waals surface area contributed by atoms with Crippen LogP contribution in [0.5, 0.6) is 5.75 Å². The lowest BCUT2D eigenvalue weighted by Crippen LogP contribution is -2.50. The number of rotatable bonds is 7. The fourth-order valence-electron chi connectivity index (χ4n) is 5.09. The van der Waals surface area contributed by atoms with Crippen molar-refractivity contribution in [1.82, 2.24) is 25.1 Å². The number of ether oxygens (including phenoxy) is 1. The molecule has 1 saturated carbocycles. The number of amides is 2. The molecule has 0 radical (unpaired) electrons. The van der Waals surface area contributed by atoms with Crippen molar-refractivity contribution in [1.29, 1.82) is 0 Å². The second-order valence-corrected chi connectivity index (χ2v) is 11.2. The quantitative estimate of drug-likeness (QED) is 0.310. The van der Waals surface area contributed by atoms with Crippen LogP contribution in [0.15, 0.2) is 42.7 Å². The molecule has 3 N–H and O–H groups in total. The molecular formula is C30H30ClF2N7O3. The van der Waals surface area contributed by atoms with Crippen molar-refractivity contribution in [3.8, 4) is 16.9 Å². The lowest BCUT2D eigenvalue weighted by molar-refractivity contribution is -0.193. The molecule has 2 aliphatic heterocycles. The van der Waals surface area contributed by atoms with E-state index in [0.717, 1.165) is 17.7 Å². The number of aryl methyl sites for hydroxylation is 1. The lowest BCUT2D eigenvalue weighted by Gasteiger charge is -2.33. The van der Waals surface area contributed by atoms with Gasteiger partial charge >= 0.3 is 12.0 Å². The topological polar surface area (TPSA) is 128 Å². The summed E-state index contributed by atoms with van der Waals surface area (Å²) in [5, 5.41) is 8.45. The Balaban J connectivity index is 0.000000761. The third kappa shape index (κ3) is 5.76. The first-order chi connectivity index (χ1) is 20.7. The van der Waals surface area contributed by atoms with Crippen LogP contribution < -0.4 is 20.7 Å². The van der Waals surface area contributed by atoms with E-state index >= 15 is 0 Å². The Morgan fingerprint density at radius 1 is 1.21 bits per heavy atom. The maximum atomic E-state index is 14.8. The van der Waals surface area contributed by atoms with Crippen LogP contribution in [0.3, 0.4) is 0 Å². The van der Waals surface area contributed by atoms with Crippen molar-refractivity contribution >= 4 is 40.1 Å². The second-order valence-electron chi connectivity index (χ2n) is 10.8. The number of nitrogens with zero attached hydrogens (tertiary/aromatic N) is 5. The fraction of sp³-hybridized carbons (Fsp3) is 0.367. The zero-order chi connectivity index (χ0) is 30.3. The van der Waals surface area contributed by atoms with Gasteiger partial charge in [-0.1, -0.05) is 17.7 Å². The van der Waals surface area contributed by atoms with Gasteiger partial charge in [-0.2, -0.15) is 13.9 Å². The van der Waals surface area contributed by atoms with Crippen LogP contribution in [0.25, 0.3) is 22.2 Å². The summed E-state index contributed by atoms with van der Waals surface area (Å²) in [5.41, 5.74) is 8.59. The number of benzene rings is 1. The molecule has 0 spiro atoms. The highest BCUT2D eigenvalue weighted by Gasteiger charge is 2.50. The monoisotopic (exact) mass is 609 g/mol. The molecule has 3 aromatic heterocycles. The molecule has 7 rings (SSSR count). The number of carbonyl (C=O) groups excluding carboxylic acids is 2. The normalized spacial score (nSPS) is 17.0. The van der Waals surface area contributed by atoms with E-state index in [1.165, 1.54) is 37.8 Å². The Bertz CT molecular complexity index is 1700. The molecule has 13 heteroatoms. The second kappa shape index (κ2) is 11.5. The smallest absolute Gasteiger partial charge is 0.423 e. The first kappa shape index (κ1) is 28.9. The Hall–Kier alpha value is -4.16. The average Bonchev–Trinajstić information content (AvgIpc) is 3.66. The van der Waals surface area contributed by atoms with E-state index in [0.29, 0.717) is 57.5 Å². The summed E-state index contributed by atoms with van der Waals surface area (Å²) < 4.78 is 36.2. The van der Waals surface area contributed by atoms with Gasteiger partial charge in [0, 0.05) is 23.7 Å². The molecule has 10 nitrogen and oxygen atoms in total. The Labute approximate surface area is 251 Å². The molecule has 3 aliphatic rings. The van der Waals surface area contributed by atoms with Crippen LogP contribution in [-0.4, -0.2) is 50.8 Å². The van der Waals surface area contributed by atoms with E-state index in [1.807, 2.05) is 6.92 Å². The predicted molar refractivity (Wildman–Crippen MR) is 157 cm³/mol. The van der Waals surface area contributed by atoms with Crippen LogP contribution >= 0.6 is 11.6 Å². The van der Waals surface area contributed by atoms with Gasteiger partial charge in [-0.05, 0) is 81.4 Å². The van der Waals surface area contributed by atoms with Crippen LogP contribution in [-0.2, 0) is 24.3 Å². The zero-order valence-electron chi connectivity index (χ0n) is 23.4. The number of alkyl halides is 2. The van der Waals surface area contributed by atoms with Crippen molar-refractivity contribution < 1.29 is 23.1 Å². The first-order valence-electron chi connectivity index (χ1n) is 14.2. The van der Waals surface area contributed by atoms with Gasteiger partial charge in [0.05, 0.1) is 40.4 Å². The van der Waals surface area contributed by atoms with Crippen LogP contribution in [0.2, 0.25) is 5.02 Å². The highest BCUT2D eigenvalue weighted by molar-refractivity contribution is 6.30. The van der Waals surface area contributed by atoms with Crippen LogP contribution in [0.4, 0.5) is 14.5 Å². The van der Waals surface area contributed by atoms with Crippen LogP contribution in [0.1, 0.15) is 47.9 Å². The summed E-state index contributed by atoms with van der Waals surface area (Å²) in [6.07, 6.45) is 2.89. The lowest BCUT2D eigenvalue weighted by atomic mass is 9.93. The van der Waals surface area contributed by atoms with Crippen molar-refractivity contribution in [2.75, 3.05) is 18.0 Å². The molecule has 0 bridgehead atoms. The summed E-state index contributed by atoms with van der Waals surface area (Å²) in [6.45, 7) is 4.75. The molecule has 43 heavy (non-hydrogen) atoms. The molecule has 1 aliphatic carbocycles. The van der Waals surface area contributed by atoms with E-state index < -0.39 is 17.9 Å². The van der Waals surface area contributed by atoms with Crippen molar-refractivity contribution in [3.05, 3.63) is 64.7 Å². The standard InChI is InChI=1S/C27H23ClF2N6O3.C3H7N/c1-2-36-25-18(12-33-36)22(23(24(31)37)19(34-25)9-14-3-4-14)15-5-8-20-21(10-15)39-27(29,30)26(38)35(20)13-17-7-6-16(28)11-32-17;1-2-4-3-1/h5-8,10-12,14H,2-4,9,13H2,1H3,(H2,31,37);4H,1-3H2. The third-order valence-electron chi connectivity index (χ3n) is 7.67. The van der Waals surface area contributed by atoms with Gasteiger partial charge < -0.3 is 15.8 Å². The number of carbonyl (C=O) groups is 2. The molecule has 0 atom stereocenters. The van der Waals surface area contributed by atoms with Gasteiger partial charge in [-0.15, -0.1) is 0 Å². The van der Waals surface area contributed by atoms with Gasteiger partial charge in [0.2, 0.25) is 0 Å². The Morgan fingerprint density at radius 2 is 1.95 bits per heavy atom. The highest BCUT2D eigenvalue weighted by atomic mass is 35.5. The van der Waals surface area contributed by atoms with E-state index in [-0.39, 0.29) is 23.5 Å². The minimum atomic E-state index is -4.11. The van der Waals surface area contributed by atoms with Gasteiger partial charge in [-0.3, -0.25) is 19.5 Å². The van der Waals surface area contributed by atoms with Crippen molar-refractivity contribution in [2.45, 2.75) is 51.8 Å². The van der Waals surface area contributed by atoms with E-state index in [2.05, 4.69) is 15.4 Å². The summed E-state index contributed by atoms with van der Waals surface area (Å²) in [5.74, 6) is -2.00. The minimum Gasteiger partial charge on any atom is -0.423 e. The predicted octanol–water partition coefficient (Wildman–Crippen LogP) is 4.72. The number of pyridine rings is 2. The average molecular weight is 610 g/mol. The van der Waals surface area contributed by atoms with Gasteiger partial charge in [0.25, 0.3) is 5.91 Å². The number of nitrogens with two attached hydrogens (primary N) is 1. The summed E-state index contributed by atoms with van der Waals surface area (Å²) in [6, 6.07) is 7.66. The van der Waals surface area contributed by atoms with E-state index in [4.69, 9.17) is 27.1 Å². The third-order valence-corrected chi connectivity index (χ3v) is 7.90. The zero-order valence-corrected chi connectivity index (χ0v) is 24.2. The van der Waals surface area contributed by atoms with Gasteiger partial charge in [-0.25, -0.2) is 9.67 Å². The number of aromatic nitrogens is 4. The number of hydrogen-bond donors (Lipinski definition) is 2. The van der Waals surface area contributed by atoms with Crippen LogP contribution in [0, 0.1) is 5.92 Å². The SMILES string of the molecule is C1CNC1.CCn1ncc2c(-c3ccc4c(c3)OC(F)(F)C(=O)N4Cc3ccc(Cl)cn3)c(C(N)=O)c(CC3CC3)nc21. The number of hydrogen-bond acceptors (Lipinski definition) is 7. The largest absolute Gasteiger partial charge is 0.482 e. The van der Waals surface area contributed by atoms with Crippen molar-refractivity contribution in [3.63, 3.8) is 0 Å². The molecule has 0 unspecified atom stereocenters. The maximum Gasteiger partial charge on any atom is 0.482 e. The maximum absolute atomic E-state index is 14.8.